The van der Waals surface area contributed by atoms with E-state index in [0.29, 0.717) is 6.42 Å². The molecule has 1 aliphatic rings. The zero-order valence-electron chi connectivity index (χ0n) is 9.23. The fourth-order valence-electron chi connectivity index (χ4n) is 2.31. The Morgan fingerprint density at radius 2 is 2.00 bits per heavy atom. The lowest BCUT2D eigenvalue weighted by molar-refractivity contribution is -0.133. The van der Waals surface area contributed by atoms with Gasteiger partial charge in [0.2, 0.25) is 5.79 Å². The molecule has 1 aliphatic heterocycles. The highest BCUT2D eigenvalue weighted by molar-refractivity contribution is 5.87. The molecule has 2 aromatic rings. The van der Waals surface area contributed by atoms with Crippen LogP contribution in [-0.2, 0) is 6.42 Å². The van der Waals surface area contributed by atoms with Crippen LogP contribution in [0.15, 0.2) is 36.4 Å². The molecular weight excluding hydrogens is 200 g/mol. The van der Waals surface area contributed by atoms with Crippen molar-refractivity contribution in [2.24, 2.45) is 0 Å². The topological polar surface area (TPSA) is 29.5 Å². The van der Waals surface area contributed by atoms with E-state index in [9.17, 15) is 5.11 Å². The molecule has 2 nitrogen and oxygen atoms in total. The maximum Gasteiger partial charge on any atom is 0.205 e. The van der Waals surface area contributed by atoms with Gasteiger partial charge in [0, 0.05) is 18.9 Å². The number of benzene rings is 2. The number of fused-ring (bicyclic) bond motifs is 3. The van der Waals surface area contributed by atoms with E-state index in [1.165, 1.54) is 16.3 Å². The molecule has 0 amide bonds. The second-order valence-corrected chi connectivity index (χ2v) is 4.54. The Balaban J connectivity index is 2.22. The molecule has 0 aromatic heterocycles. The first-order chi connectivity index (χ1) is 7.66. The van der Waals surface area contributed by atoms with Crippen LogP contribution in [0.25, 0.3) is 10.8 Å². The molecule has 2 heteroatoms. The van der Waals surface area contributed by atoms with Gasteiger partial charge in [0.05, 0.1) is 0 Å². The van der Waals surface area contributed by atoms with Gasteiger partial charge in [-0.2, -0.15) is 0 Å². The van der Waals surface area contributed by atoms with Gasteiger partial charge in [-0.1, -0.05) is 30.3 Å². The number of aliphatic hydroxyl groups is 1. The van der Waals surface area contributed by atoms with Gasteiger partial charge in [-0.3, -0.25) is 0 Å². The Morgan fingerprint density at radius 3 is 2.88 bits per heavy atom. The molecule has 82 valence electrons. The monoisotopic (exact) mass is 214 g/mol. The minimum Gasteiger partial charge on any atom is -0.463 e. The van der Waals surface area contributed by atoms with Crippen LogP contribution in [0.4, 0.5) is 0 Å². The average molecular weight is 214 g/mol. The number of ether oxygens (including phenoxy) is 1. The van der Waals surface area contributed by atoms with Crippen LogP contribution in [0, 0.1) is 0 Å². The summed E-state index contributed by atoms with van der Waals surface area (Å²) in [4.78, 5) is 0. The molecule has 16 heavy (non-hydrogen) atoms. The highest BCUT2D eigenvalue weighted by Crippen LogP contribution is 2.36. The van der Waals surface area contributed by atoms with E-state index in [2.05, 4.69) is 12.1 Å². The van der Waals surface area contributed by atoms with Crippen LogP contribution < -0.4 is 4.74 Å². The molecule has 1 atom stereocenters. The number of rotatable bonds is 0. The van der Waals surface area contributed by atoms with Gasteiger partial charge >= 0.3 is 0 Å². The summed E-state index contributed by atoms with van der Waals surface area (Å²) in [6.07, 6.45) is 1.51. The largest absolute Gasteiger partial charge is 0.463 e. The molecule has 3 rings (SSSR count). The second-order valence-electron chi connectivity index (χ2n) is 4.54. The Labute approximate surface area is 94.5 Å². The van der Waals surface area contributed by atoms with Gasteiger partial charge in [-0.05, 0) is 23.3 Å². The molecule has 2 aromatic carbocycles. The molecule has 0 bridgehead atoms. The lowest BCUT2D eigenvalue weighted by Crippen LogP contribution is -2.35. The van der Waals surface area contributed by atoms with Gasteiger partial charge in [0.1, 0.15) is 5.75 Å². The van der Waals surface area contributed by atoms with Gasteiger partial charge < -0.3 is 9.84 Å². The first-order valence-corrected chi connectivity index (χ1v) is 5.58. The zero-order chi connectivity index (χ0) is 11.2. The maximum atomic E-state index is 9.87. The molecule has 0 radical (unpaired) electrons. The normalized spacial score (nSPS) is 23.9. The van der Waals surface area contributed by atoms with Crippen molar-refractivity contribution in [2.45, 2.75) is 25.6 Å². The van der Waals surface area contributed by atoms with E-state index in [4.69, 9.17) is 4.74 Å². The first kappa shape index (κ1) is 9.67. The van der Waals surface area contributed by atoms with Crippen molar-refractivity contribution in [3.05, 3.63) is 42.0 Å². The van der Waals surface area contributed by atoms with E-state index in [1.54, 1.807) is 6.92 Å². The standard InChI is InChI=1S/C14H14O2/c1-14(15)9-8-12-11-5-3-2-4-10(11)6-7-13(12)16-14/h2-7,15H,8-9H2,1H3. The van der Waals surface area contributed by atoms with E-state index in [0.717, 1.165) is 12.2 Å². The van der Waals surface area contributed by atoms with Crippen molar-refractivity contribution in [3.63, 3.8) is 0 Å². The molecular formula is C14H14O2. The van der Waals surface area contributed by atoms with Crippen molar-refractivity contribution in [3.8, 4) is 5.75 Å². The highest BCUT2D eigenvalue weighted by Gasteiger charge is 2.29. The third kappa shape index (κ3) is 1.46. The van der Waals surface area contributed by atoms with Crippen molar-refractivity contribution in [1.29, 1.82) is 0 Å². The highest BCUT2D eigenvalue weighted by atomic mass is 16.6. The van der Waals surface area contributed by atoms with E-state index < -0.39 is 5.79 Å². The zero-order valence-corrected chi connectivity index (χ0v) is 9.23. The second kappa shape index (κ2) is 3.22. The summed E-state index contributed by atoms with van der Waals surface area (Å²) in [5.74, 6) is -0.204. The third-order valence-electron chi connectivity index (χ3n) is 3.17. The quantitative estimate of drug-likeness (QED) is 0.730. The van der Waals surface area contributed by atoms with Crippen LogP contribution >= 0.6 is 0 Å². The first-order valence-electron chi connectivity index (χ1n) is 5.58. The predicted molar refractivity (Wildman–Crippen MR) is 63.5 cm³/mol. The van der Waals surface area contributed by atoms with Crippen molar-refractivity contribution < 1.29 is 9.84 Å². The summed E-state index contributed by atoms with van der Waals surface area (Å²) < 4.78 is 5.58. The third-order valence-corrected chi connectivity index (χ3v) is 3.17. The fourth-order valence-corrected chi connectivity index (χ4v) is 2.31. The lowest BCUT2D eigenvalue weighted by atomic mass is 9.95. The smallest absolute Gasteiger partial charge is 0.205 e. The summed E-state index contributed by atoms with van der Waals surface area (Å²) in [5, 5.41) is 12.3. The van der Waals surface area contributed by atoms with Crippen molar-refractivity contribution >= 4 is 10.8 Å². The number of aryl methyl sites for hydroxylation is 1. The van der Waals surface area contributed by atoms with Crippen molar-refractivity contribution in [1.82, 2.24) is 0 Å². The van der Waals surface area contributed by atoms with Gasteiger partial charge in [0.25, 0.3) is 0 Å². The Hall–Kier alpha value is -1.54. The molecule has 0 spiro atoms. The molecule has 1 heterocycles. The van der Waals surface area contributed by atoms with E-state index in [-0.39, 0.29) is 0 Å². The van der Waals surface area contributed by atoms with Crippen LogP contribution in [0.5, 0.6) is 5.75 Å². The summed E-state index contributed by atoms with van der Waals surface area (Å²) in [5.41, 5.74) is 1.21. The van der Waals surface area contributed by atoms with Gasteiger partial charge in [-0.15, -0.1) is 0 Å². The van der Waals surface area contributed by atoms with E-state index in [1.807, 2.05) is 24.3 Å². The summed E-state index contributed by atoms with van der Waals surface area (Å²) in [7, 11) is 0. The lowest BCUT2D eigenvalue weighted by Gasteiger charge is -2.31. The molecule has 0 saturated heterocycles. The van der Waals surface area contributed by atoms with E-state index >= 15 is 0 Å². The van der Waals surface area contributed by atoms with Crippen LogP contribution in [0.1, 0.15) is 18.9 Å². The minimum absolute atomic E-state index is 0.647. The Bertz CT molecular complexity index is 543. The number of hydrogen-bond donors (Lipinski definition) is 1. The van der Waals surface area contributed by atoms with Gasteiger partial charge in [-0.25, -0.2) is 0 Å². The molecule has 0 fully saturated rings. The minimum atomic E-state index is -1.02. The molecule has 1 N–H and O–H groups in total. The van der Waals surface area contributed by atoms with Gasteiger partial charge in [0.15, 0.2) is 0 Å². The summed E-state index contributed by atoms with van der Waals surface area (Å²) >= 11 is 0. The van der Waals surface area contributed by atoms with Crippen LogP contribution in [-0.4, -0.2) is 10.9 Å². The molecule has 1 unspecified atom stereocenters. The summed E-state index contributed by atoms with van der Waals surface area (Å²) in [6, 6.07) is 12.3. The van der Waals surface area contributed by atoms with Crippen LogP contribution in [0.2, 0.25) is 0 Å². The average Bonchev–Trinajstić information content (AvgIpc) is 2.27. The number of hydrogen-bond acceptors (Lipinski definition) is 2. The SMILES string of the molecule is CC1(O)CCc2c(ccc3ccccc23)O1. The Morgan fingerprint density at radius 1 is 1.19 bits per heavy atom. The summed E-state index contributed by atoms with van der Waals surface area (Å²) in [6.45, 7) is 1.71. The molecule has 0 saturated carbocycles. The fraction of sp³-hybridized carbons (Fsp3) is 0.286. The molecule has 0 aliphatic carbocycles. The van der Waals surface area contributed by atoms with Crippen LogP contribution in [0.3, 0.4) is 0 Å². The Kier molecular flexibility index (Phi) is 1.95. The predicted octanol–water partition coefficient (Wildman–Crippen LogP) is 2.87. The van der Waals surface area contributed by atoms with Crippen molar-refractivity contribution in [2.75, 3.05) is 0 Å². The maximum absolute atomic E-state index is 9.87.